The molecule has 0 aliphatic carbocycles. The Bertz CT molecular complexity index is 1240. The fourth-order valence-corrected chi connectivity index (χ4v) is 3.74. The minimum Gasteiger partial charge on any atom is -0.487 e. The van der Waals surface area contributed by atoms with E-state index in [1.165, 1.54) is 24.5 Å². The third-order valence-electron chi connectivity index (χ3n) is 4.41. The standard InChI is InChI=1S/C22H17NO5S/c1-13-9-20(24)28-19-10-17(7-8-18(13)19)27-11-16-12-29-21(23-16)14-3-5-15(6-4-14)22(25)26-2/h3-10,12H,11H2,1-2H3. The first-order valence-corrected chi connectivity index (χ1v) is 9.72. The van der Waals surface area contributed by atoms with Gasteiger partial charge in [-0.15, -0.1) is 11.3 Å². The summed E-state index contributed by atoms with van der Waals surface area (Å²) in [4.78, 5) is 27.7. The highest BCUT2D eigenvalue weighted by molar-refractivity contribution is 7.13. The first-order valence-electron chi connectivity index (χ1n) is 8.84. The molecule has 2 aromatic carbocycles. The molecule has 0 saturated heterocycles. The molecule has 2 aromatic heterocycles. The van der Waals surface area contributed by atoms with Crippen LogP contribution < -0.4 is 10.4 Å². The topological polar surface area (TPSA) is 78.6 Å². The summed E-state index contributed by atoms with van der Waals surface area (Å²) in [5, 5.41) is 3.64. The quantitative estimate of drug-likeness (QED) is 0.356. The zero-order chi connectivity index (χ0) is 20.4. The highest BCUT2D eigenvalue weighted by Gasteiger charge is 2.09. The molecule has 0 aliphatic heterocycles. The van der Waals surface area contributed by atoms with Crippen LogP contribution in [0.5, 0.6) is 5.75 Å². The van der Waals surface area contributed by atoms with Crippen molar-refractivity contribution in [1.29, 1.82) is 0 Å². The molecule has 0 spiro atoms. The number of benzene rings is 2. The van der Waals surface area contributed by atoms with Gasteiger partial charge in [-0.3, -0.25) is 0 Å². The van der Waals surface area contributed by atoms with E-state index in [9.17, 15) is 9.59 Å². The lowest BCUT2D eigenvalue weighted by Crippen LogP contribution is -2.00. The molecule has 0 saturated carbocycles. The number of methoxy groups -OCH3 is 1. The number of thiazole rings is 1. The Hall–Kier alpha value is -3.45. The maximum Gasteiger partial charge on any atom is 0.337 e. The van der Waals surface area contributed by atoms with Crippen molar-refractivity contribution in [3.63, 3.8) is 0 Å². The smallest absolute Gasteiger partial charge is 0.337 e. The lowest BCUT2D eigenvalue weighted by atomic mass is 10.1. The number of rotatable bonds is 5. The van der Waals surface area contributed by atoms with Gasteiger partial charge in [0.1, 0.15) is 22.9 Å². The van der Waals surface area contributed by atoms with Crippen molar-refractivity contribution in [3.05, 3.63) is 81.2 Å². The molecule has 7 heteroatoms. The van der Waals surface area contributed by atoms with Gasteiger partial charge in [0.2, 0.25) is 0 Å². The third-order valence-corrected chi connectivity index (χ3v) is 5.35. The van der Waals surface area contributed by atoms with Crippen LogP contribution in [0.15, 0.2) is 63.1 Å². The zero-order valence-corrected chi connectivity index (χ0v) is 16.6. The first-order chi connectivity index (χ1) is 14.0. The Labute approximate surface area is 170 Å². The summed E-state index contributed by atoms with van der Waals surface area (Å²) >= 11 is 1.50. The summed E-state index contributed by atoms with van der Waals surface area (Å²) in [5.41, 5.74) is 3.18. The lowest BCUT2D eigenvalue weighted by molar-refractivity contribution is 0.0600. The molecular formula is C22H17NO5S. The van der Waals surface area contributed by atoms with E-state index in [1.807, 2.05) is 36.6 Å². The predicted octanol–water partition coefficient (Wildman–Crippen LogP) is 4.59. The summed E-state index contributed by atoms with van der Waals surface area (Å²) in [6.07, 6.45) is 0. The molecule has 6 nitrogen and oxygen atoms in total. The lowest BCUT2D eigenvalue weighted by Gasteiger charge is -2.06. The fourth-order valence-electron chi connectivity index (χ4n) is 2.92. The molecule has 0 amide bonds. The molecule has 0 N–H and O–H groups in total. The fraction of sp³-hybridized carbons (Fsp3) is 0.136. The Morgan fingerprint density at radius 2 is 1.93 bits per heavy atom. The summed E-state index contributed by atoms with van der Waals surface area (Å²) in [7, 11) is 1.35. The van der Waals surface area contributed by atoms with Gasteiger partial charge in [-0.05, 0) is 36.8 Å². The number of ether oxygens (including phenoxy) is 2. The normalized spacial score (nSPS) is 10.8. The average Bonchev–Trinajstić information content (AvgIpc) is 3.20. The van der Waals surface area contributed by atoms with Crippen LogP contribution in [0.2, 0.25) is 0 Å². The van der Waals surface area contributed by atoms with Crippen LogP contribution in [0, 0.1) is 6.92 Å². The van der Waals surface area contributed by atoms with Crippen LogP contribution in [0.25, 0.3) is 21.5 Å². The number of carbonyl (C=O) groups is 1. The number of aromatic nitrogens is 1. The minimum atomic E-state index is -0.380. The SMILES string of the molecule is COC(=O)c1ccc(-c2nc(COc3ccc4c(C)cc(=O)oc4c3)cs2)cc1. The Morgan fingerprint density at radius 3 is 2.69 bits per heavy atom. The maximum absolute atomic E-state index is 11.6. The van der Waals surface area contributed by atoms with Crippen LogP contribution >= 0.6 is 11.3 Å². The average molecular weight is 407 g/mol. The van der Waals surface area contributed by atoms with E-state index in [0.29, 0.717) is 16.9 Å². The van der Waals surface area contributed by atoms with E-state index in [0.717, 1.165) is 27.2 Å². The van der Waals surface area contributed by atoms with E-state index in [1.54, 1.807) is 18.2 Å². The van der Waals surface area contributed by atoms with Gasteiger partial charge in [-0.25, -0.2) is 14.6 Å². The second kappa shape index (κ2) is 7.89. The van der Waals surface area contributed by atoms with Crippen LogP contribution in [0.3, 0.4) is 0 Å². The van der Waals surface area contributed by atoms with E-state index in [-0.39, 0.29) is 18.2 Å². The van der Waals surface area contributed by atoms with E-state index in [2.05, 4.69) is 4.98 Å². The van der Waals surface area contributed by atoms with Gasteiger partial charge >= 0.3 is 11.6 Å². The van der Waals surface area contributed by atoms with Crippen molar-refractivity contribution in [2.75, 3.05) is 7.11 Å². The van der Waals surface area contributed by atoms with Gasteiger partial charge in [0, 0.05) is 28.5 Å². The third kappa shape index (κ3) is 4.05. The second-order valence-electron chi connectivity index (χ2n) is 6.41. The predicted molar refractivity (Wildman–Crippen MR) is 110 cm³/mol. The number of aryl methyl sites for hydroxylation is 1. The summed E-state index contributed by atoms with van der Waals surface area (Å²) < 4.78 is 15.8. The molecule has 0 atom stereocenters. The van der Waals surface area contributed by atoms with Crippen molar-refractivity contribution in [3.8, 4) is 16.3 Å². The van der Waals surface area contributed by atoms with Crippen LogP contribution in [0.1, 0.15) is 21.6 Å². The first kappa shape index (κ1) is 18.9. The Kier molecular flexibility index (Phi) is 5.14. The number of fused-ring (bicyclic) bond motifs is 1. The summed E-state index contributed by atoms with van der Waals surface area (Å²) in [6, 6.07) is 14.0. The van der Waals surface area contributed by atoms with Gasteiger partial charge < -0.3 is 13.9 Å². The molecule has 2 heterocycles. The number of hydrogen-bond acceptors (Lipinski definition) is 7. The van der Waals surface area contributed by atoms with Crippen molar-refractivity contribution in [2.45, 2.75) is 13.5 Å². The number of nitrogens with zero attached hydrogens (tertiary/aromatic N) is 1. The molecule has 146 valence electrons. The van der Waals surface area contributed by atoms with Gasteiger partial charge in [0.25, 0.3) is 0 Å². The van der Waals surface area contributed by atoms with Gasteiger partial charge in [0.05, 0.1) is 18.4 Å². The van der Waals surface area contributed by atoms with Crippen molar-refractivity contribution < 1.29 is 18.7 Å². The Balaban J connectivity index is 1.47. The molecule has 0 fully saturated rings. The number of hydrogen-bond donors (Lipinski definition) is 0. The van der Waals surface area contributed by atoms with E-state index in [4.69, 9.17) is 13.9 Å². The molecule has 29 heavy (non-hydrogen) atoms. The van der Waals surface area contributed by atoms with Crippen LogP contribution in [-0.4, -0.2) is 18.1 Å². The maximum atomic E-state index is 11.6. The highest BCUT2D eigenvalue weighted by atomic mass is 32.1. The van der Waals surface area contributed by atoms with Gasteiger partial charge in [-0.2, -0.15) is 0 Å². The molecular weight excluding hydrogens is 390 g/mol. The van der Waals surface area contributed by atoms with Crippen LogP contribution in [-0.2, 0) is 11.3 Å². The summed E-state index contributed by atoms with van der Waals surface area (Å²) in [6.45, 7) is 2.16. The molecule has 0 radical (unpaired) electrons. The van der Waals surface area contributed by atoms with E-state index >= 15 is 0 Å². The van der Waals surface area contributed by atoms with Crippen LogP contribution in [0.4, 0.5) is 0 Å². The second-order valence-corrected chi connectivity index (χ2v) is 7.27. The molecule has 0 aliphatic rings. The van der Waals surface area contributed by atoms with Gasteiger partial charge in [0.15, 0.2) is 0 Å². The largest absolute Gasteiger partial charge is 0.487 e. The Morgan fingerprint density at radius 1 is 1.14 bits per heavy atom. The van der Waals surface area contributed by atoms with Crippen molar-refractivity contribution in [1.82, 2.24) is 4.98 Å². The minimum absolute atomic E-state index is 0.290. The van der Waals surface area contributed by atoms with Gasteiger partial charge in [-0.1, -0.05) is 12.1 Å². The highest BCUT2D eigenvalue weighted by Crippen LogP contribution is 2.26. The molecule has 4 rings (SSSR count). The summed E-state index contributed by atoms with van der Waals surface area (Å²) in [5.74, 6) is 0.231. The molecule has 0 unspecified atom stereocenters. The zero-order valence-electron chi connectivity index (χ0n) is 15.8. The van der Waals surface area contributed by atoms with E-state index < -0.39 is 0 Å². The molecule has 4 aromatic rings. The molecule has 0 bridgehead atoms. The monoisotopic (exact) mass is 407 g/mol. The number of carbonyl (C=O) groups excluding carboxylic acids is 1. The van der Waals surface area contributed by atoms with Crippen molar-refractivity contribution in [2.24, 2.45) is 0 Å². The number of esters is 1. The van der Waals surface area contributed by atoms with Crippen molar-refractivity contribution >= 4 is 28.3 Å².